The largest absolute Gasteiger partial charge is 0.206 e. The van der Waals surface area contributed by atoms with Crippen LogP contribution in [0, 0.1) is 41.2 Å². The SMILES string of the molecule is CCCCC[C@H]1CC[C@H](c2cc(F)c(C#CC3CCC(CCC)CC3)c(F)c2)CC1. The molecular formula is C28H40F2. The fourth-order valence-electron chi connectivity index (χ4n) is 5.59. The molecule has 0 heterocycles. The van der Waals surface area contributed by atoms with Gasteiger partial charge in [0.05, 0.1) is 5.56 Å². The molecule has 0 aliphatic heterocycles. The van der Waals surface area contributed by atoms with Crippen LogP contribution < -0.4 is 0 Å². The van der Waals surface area contributed by atoms with Gasteiger partial charge in [-0.1, -0.05) is 64.2 Å². The zero-order valence-corrected chi connectivity index (χ0v) is 19.1. The Morgan fingerprint density at radius 1 is 0.767 bits per heavy atom. The van der Waals surface area contributed by atoms with Gasteiger partial charge in [0.15, 0.2) is 0 Å². The first-order valence-electron chi connectivity index (χ1n) is 12.6. The van der Waals surface area contributed by atoms with Crippen molar-refractivity contribution in [3.63, 3.8) is 0 Å². The number of hydrogen-bond acceptors (Lipinski definition) is 0. The van der Waals surface area contributed by atoms with Crippen molar-refractivity contribution < 1.29 is 8.78 Å². The van der Waals surface area contributed by atoms with E-state index in [0.29, 0.717) is 11.8 Å². The standard InChI is InChI=1S/C28H40F2/c1-3-5-6-8-22-13-16-24(17-14-22)25-19-27(29)26(28(30)20-25)18-15-23-11-9-21(7-4-2)10-12-23/h19-24H,3-14,16-17H2,1-2H3/t21?,22-,23?,24-. The highest BCUT2D eigenvalue weighted by molar-refractivity contribution is 5.40. The Balaban J connectivity index is 1.56. The molecule has 2 heteroatoms. The lowest BCUT2D eigenvalue weighted by Crippen LogP contribution is -2.14. The lowest BCUT2D eigenvalue weighted by atomic mass is 9.77. The van der Waals surface area contributed by atoms with E-state index in [4.69, 9.17) is 0 Å². The summed E-state index contributed by atoms with van der Waals surface area (Å²) in [6.07, 6.45) is 16.8. The average Bonchev–Trinajstić information content (AvgIpc) is 2.75. The van der Waals surface area contributed by atoms with E-state index in [1.54, 1.807) is 12.1 Å². The molecule has 0 bridgehead atoms. The van der Waals surface area contributed by atoms with Crippen LogP contribution in [-0.2, 0) is 0 Å². The maximum absolute atomic E-state index is 14.7. The molecule has 2 aliphatic rings. The average molecular weight is 415 g/mol. The second-order valence-corrected chi connectivity index (χ2v) is 9.85. The van der Waals surface area contributed by atoms with Crippen molar-refractivity contribution in [3.05, 3.63) is 34.9 Å². The van der Waals surface area contributed by atoms with Crippen LogP contribution in [0.2, 0.25) is 0 Å². The highest BCUT2D eigenvalue weighted by Gasteiger charge is 2.24. The van der Waals surface area contributed by atoms with Crippen LogP contribution in [0.15, 0.2) is 12.1 Å². The molecule has 0 aromatic heterocycles. The van der Waals surface area contributed by atoms with Crippen molar-refractivity contribution in [1.29, 1.82) is 0 Å². The Kier molecular flexibility index (Phi) is 9.23. The van der Waals surface area contributed by atoms with Crippen LogP contribution in [0.5, 0.6) is 0 Å². The van der Waals surface area contributed by atoms with E-state index in [1.165, 1.54) is 64.2 Å². The second kappa shape index (κ2) is 11.9. The van der Waals surface area contributed by atoms with Gasteiger partial charge in [-0.25, -0.2) is 8.78 Å². The van der Waals surface area contributed by atoms with E-state index < -0.39 is 11.6 Å². The number of rotatable bonds is 7. The highest BCUT2D eigenvalue weighted by atomic mass is 19.1. The van der Waals surface area contributed by atoms with E-state index in [9.17, 15) is 8.78 Å². The molecule has 0 N–H and O–H groups in total. The summed E-state index contributed by atoms with van der Waals surface area (Å²) in [7, 11) is 0. The van der Waals surface area contributed by atoms with Gasteiger partial charge in [0.1, 0.15) is 11.6 Å². The predicted octanol–water partition coefficient (Wildman–Crippen LogP) is 8.78. The molecule has 0 nitrogen and oxygen atoms in total. The topological polar surface area (TPSA) is 0 Å². The Morgan fingerprint density at radius 2 is 1.37 bits per heavy atom. The van der Waals surface area contributed by atoms with E-state index in [0.717, 1.165) is 43.1 Å². The quantitative estimate of drug-likeness (QED) is 0.309. The van der Waals surface area contributed by atoms with Crippen molar-refractivity contribution in [3.8, 4) is 11.8 Å². The molecule has 1 aromatic rings. The normalized spacial score (nSPS) is 26.8. The Bertz CT molecular complexity index is 687. The zero-order valence-electron chi connectivity index (χ0n) is 19.1. The Labute approximate surface area is 183 Å². The molecule has 166 valence electrons. The lowest BCUT2D eigenvalue weighted by molar-refractivity contribution is 0.299. The third-order valence-electron chi connectivity index (χ3n) is 7.54. The predicted molar refractivity (Wildman–Crippen MR) is 122 cm³/mol. The maximum atomic E-state index is 14.7. The summed E-state index contributed by atoms with van der Waals surface area (Å²) in [4.78, 5) is 0. The van der Waals surface area contributed by atoms with Gasteiger partial charge < -0.3 is 0 Å². The van der Waals surface area contributed by atoms with Crippen LogP contribution in [-0.4, -0.2) is 0 Å². The fraction of sp³-hybridized carbons (Fsp3) is 0.714. The van der Waals surface area contributed by atoms with E-state index in [-0.39, 0.29) is 5.56 Å². The minimum atomic E-state index is -0.470. The van der Waals surface area contributed by atoms with Gasteiger partial charge in [-0.05, 0) is 86.8 Å². The molecule has 3 rings (SSSR count). The van der Waals surface area contributed by atoms with Crippen molar-refractivity contribution in [2.75, 3.05) is 0 Å². The smallest absolute Gasteiger partial charge is 0.142 e. The molecule has 0 saturated heterocycles. The van der Waals surface area contributed by atoms with Gasteiger partial charge in [-0.3, -0.25) is 0 Å². The molecule has 30 heavy (non-hydrogen) atoms. The van der Waals surface area contributed by atoms with E-state index in [1.807, 2.05) is 0 Å². The number of hydrogen-bond donors (Lipinski definition) is 0. The summed E-state index contributed by atoms with van der Waals surface area (Å²) in [5.41, 5.74) is 0.810. The van der Waals surface area contributed by atoms with Gasteiger partial charge in [0.2, 0.25) is 0 Å². The molecular weight excluding hydrogens is 374 g/mol. The van der Waals surface area contributed by atoms with Crippen LogP contribution in [0.1, 0.15) is 121 Å². The molecule has 2 saturated carbocycles. The Hall–Kier alpha value is -1.36. The Morgan fingerprint density at radius 3 is 1.97 bits per heavy atom. The number of halogens is 2. The monoisotopic (exact) mass is 414 g/mol. The minimum Gasteiger partial charge on any atom is -0.206 e. The minimum absolute atomic E-state index is 0.0253. The molecule has 0 unspecified atom stereocenters. The summed E-state index contributed by atoms with van der Waals surface area (Å²) < 4.78 is 29.4. The van der Waals surface area contributed by atoms with Gasteiger partial charge in [0.25, 0.3) is 0 Å². The first-order valence-corrected chi connectivity index (χ1v) is 12.6. The van der Waals surface area contributed by atoms with Crippen molar-refractivity contribution in [2.24, 2.45) is 17.8 Å². The zero-order chi connectivity index (χ0) is 21.3. The highest BCUT2D eigenvalue weighted by Crippen LogP contribution is 2.38. The summed E-state index contributed by atoms with van der Waals surface area (Å²) in [6.45, 7) is 4.48. The summed E-state index contributed by atoms with van der Waals surface area (Å²) >= 11 is 0. The van der Waals surface area contributed by atoms with Crippen LogP contribution >= 0.6 is 0 Å². The first-order chi connectivity index (χ1) is 14.6. The van der Waals surface area contributed by atoms with Gasteiger partial charge in [-0.15, -0.1) is 0 Å². The number of unbranched alkanes of at least 4 members (excludes halogenated alkanes) is 2. The third kappa shape index (κ3) is 6.57. The molecule has 0 spiro atoms. The molecule has 0 atom stereocenters. The van der Waals surface area contributed by atoms with Crippen LogP contribution in [0.25, 0.3) is 0 Å². The van der Waals surface area contributed by atoms with Gasteiger partial charge in [-0.2, -0.15) is 0 Å². The summed E-state index contributed by atoms with van der Waals surface area (Å²) in [5, 5.41) is 0. The summed E-state index contributed by atoms with van der Waals surface area (Å²) in [6, 6.07) is 3.13. The van der Waals surface area contributed by atoms with Crippen molar-refractivity contribution >= 4 is 0 Å². The lowest BCUT2D eigenvalue weighted by Gasteiger charge is -2.29. The molecule has 0 amide bonds. The van der Waals surface area contributed by atoms with Crippen molar-refractivity contribution in [2.45, 2.75) is 110 Å². The van der Waals surface area contributed by atoms with Gasteiger partial charge in [0, 0.05) is 5.92 Å². The molecule has 1 aromatic carbocycles. The van der Waals surface area contributed by atoms with Crippen molar-refractivity contribution in [1.82, 2.24) is 0 Å². The van der Waals surface area contributed by atoms with Crippen LogP contribution in [0.4, 0.5) is 8.78 Å². The second-order valence-electron chi connectivity index (χ2n) is 9.85. The molecule has 2 aliphatic carbocycles. The fourth-order valence-corrected chi connectivity index (χ4v) is 5.59. The third-order valence-corrected chi connectivity index (χ3v) is 7.54. The first kappa shape index (κ1) is 23.3. The maximum Gasteiger partial charge on any atom is 0.142 e. The van der Waals surface area contributed by atoms with Gasteiger partial charge >= 0.3 is 0 Å². The van der Waals surface area contributed by atoms with E-state index in [2.05, 4.69) is 25.7 Å². The molecule has 0 radical (unpaired) electrons. The van der Waals surface area contributed by atoms with E-state index >= 15 is 0 Å². The summed E-state index contributed by atoms with van der Waals surface area (Å²) in [5.74, 6) is 7.32. The molecule has 2 fully saturated rings. The number of benzene rings is 1. The van der Waals surface area contributed by atoms with Crippen LogP contribution in [0.3, 0.4) is 0 Å².